The van der Waals surface area contributed by atoms with Gasteiger partial charge in [0.15, 0.2) is 0 Å². The zero-order chi connectivity index (χ0) is 15.4. The van der Waals surface area contributed by atoms with Crippen LogP contribution in [0.15, 0.2) is 42.5 Å². The molecule has 0 saturated carbocycles. The summed E-state index contributed by atoms with van der Waals surface area (Å²) in [5, 5.41) is 0. The number of methoxy groups -OCH3 is 1. The van der Waals surface area contributed by atoms with Crippen molar-refractivity contribution in [1.82, 2.24) is 0 Å². The number of benzene rings is 2. The smallest absolute Gasteiger partial charge is 0.142 e. The zero-order valence-electron chi connectivity index (χ0n) is 13.3. The zero-order valence-corrected chi connectivity index (χ0v) is 13.3. The molecule has 2 N–H and O–H groups in total. The maximum Gasteiger partial charge on any atom is 0.142 e. The number of hydrogen-bond acceptors (Lipinski definition) is 3. The molecule has 0 aliphatic rings. The number of ether oxygens (including phenoxy) is 1. The molecule has 0 fully saturated rings. The van der Waals surface area contributed by atoms with Crippen molar-refractivity contribution >= 4 is 5.69 Å². The van der Waals surface area contributed by atoms with Crippen LogP contribution >= 0.6 is 0 Å². The Morgan fingerprint density at radius 3 is 2.57 bits per heavy atom. The lowest BCUT2D eigenvalue weighted by atomic mass is 9.99. The number of nitrogens with two attached hydrogens (primary N) is 1. The maximum atomic E-state index is 6.41. The van der Waals surface area contributed by atoms with Crippen LogP contribution in [0, 0.1) is 13.8 Å². The van der Waals surface area contributed by atoms with Gasteiger partial charge in [-0.15, -0.1) is 0 Å². The molecular formula is C18H24N2O. The molecule has 0 spiro atoms. The predicted octanol–water partition coefficient (Wildman–Crippen LogP) is 3.45. The quantitative estimate of drug-likeness (QED) is 0.914. The summed E-state index contributed by atoms with van der Waals surface area (Å²) in [4.78, 5) is 2.14. The Hall–Kier alpha value is -2.00. The Labute approximate surface area is 127 Å². The van der Waals surface area contributed by atoms with Crippen molar-refractivity contribution in [3.05, 3.63) is 59.2 Å². The fraction of sp³-hybridized carbons (Fsp3) is 0.333. The van der Waals surface area contributed by atoms with Gasteiger partial charge in [0.05, 0.1) is 12.8 Å². The van der Waals surface area contributed by atoms with E-state index in [2.05, 4.69) is 43.0 Å². The maximum absolute atomic E-state index is 6.41. The Bertz CT molecular complexity index is 610. The highest BCUT2D eigenvalue weighted by Crippen LogP contribution is 2.28. The number of nitrogens with zero attached hydrogens (tertiary/aromatic N) is 1. The molecule has 3 nitrogen and oxygen atoms in total. The van der Waals surface area contributed by atoms with Crippen molar-refractivity contribution in [3.8, 4) is 5.75 Å². The second kappa shape index (κ2) is 6.64. The number of para-hydroxylation sites is 2. The van der Waals surface area contributed by atoms with Crippen LogP contribution < -0.4 is 15.4 Å². The van der Waals surface area contributed by atoms with Crippen LogP contribution in [0.3, 0.4) is 0 Å². The largest absolute Gasteiger partial charge is 0.495 e. The summed E-state index contributed by atoms with van der Waals surface area (Å²) >= 11 is 0. The van der Waals surface area contributed by atoms with Crippen LogP contribution in [0.1, 0.15) is 22.7 Å². The molecule has 3 heteroatoms. The van der Waals surface area contributed by atoms with E-state index in [1.807, 2.05) is 25.2 Å². The Morgan fingerprint density at radius 1 is 1.14 bits per heavy atom. The van der Waals surface area contributed by atoms with Gasteiger partial charge >= 0.3 is 0 Å². The molecule has 0 saturated heterocycles. The van der Waals surface area contributed by atoms with Crippen molar-refractivity contribution in [3.63, 3.8) is 0 Å². The van der Waals surface area contributed by atoms with Crippen LogP contribution in [-0.2, 0) is 0 Å². The van der Waals surface area contributed by atoms with Crippen LogP contribution in [0.5, 0.6) is 5.75 Å². The number of likely N-dealkylation sites (N-methyl/N-ethyl adjacent to an activating group) is 1. The van der Waals surface area contributed by atoms with Gasteiger partial charge in [-0.25, -0.2) is 0 Å². The molecule has 0 aliphatic heterocycles. The summed E-state index contributed by atoms with van der Waals surface area (Å²) in [5.41, 5.74) is 11.2. The fourth-order valence-electron chi connectivity index (χ4n) is 2.60. The van der Waals surface area contributed by atoms with E-state index in [-0.39, 0.29) is 6.04 Å². The van der Waals surface area contributed by atoms with E-state index in [1.54, 1.807) is 7.11 Å². The van der Waals surface area contributed by atoms with Gasteiger partial charge in [-0.2, -0.15) is 0 Å². The van der Waals surface area contributed by atoms with E-state index in [0.717, 1.165) is 18.0 Å². The molecule has 2 aromatic carbocycles. The van der Waals surface area contributed by atoms with Crippen molar-refractivity contribution in [2.75, 3.05) is 25.6 Å². The standard InChI is InChI=1S/C18H24N2O/c1-13-9-10-14(2)15(11-13)16(19)12-20(3)17-7-5-6-8-18(17)21-4/h5-11,16H,12,19H2,1-4H3. The second-order valence-electron chi connectivity index (χ2n) is 5.52. The van der Waals surface area contributed by atoms with E-state index in [0.29, 0.717) is 0 Å². The molecule has 1 unspecified atom stereocenters. The lowest BCUT2D eigenvalue weighted by Gasteiger charge is -2.26. The third kappa shape index (κ3) is 3.56. The summed E-state index contributed by atoms with van der Waals surface area (Å²) in [5.74, 6) is 0.869. The molecule has 0 amide bonds. The van der Waals surface area contributed by atoms with Crippen LogP contribution in [0.25, 0.3) is 0 Å². The first-order chi connectivity index (χ1) is 10.0. The normalized spacial score (nSPS) is 12.0. The summed E-state index contributed by atoms with van der Waals surface area (Å²) in [6.45, 7) is 4.95. The minimum absolute atomic E-state index is 0.0280. The molecule has 2 aromatic rings. The SMILES string of the molecule is COc1ccccc1N(C)CC(N)c1cc(C)ccc1C. The molecule has 21 heavy (non-hydrogen) atoms. The summed E-state index contributed by atoms with van der Waals surface area (Å²) in [7, 11) is 3.74. The van der Waals surface area contributed by atoms with Gasteiger partial charge < -0.3 is 15.4 Å². The van der Waals surface area contributed by atoms with Gasteiger partial charge in [0.1, 0.15) is 5.75 Å². The number of hydrogen-bond donors (Lipinski definition) is 1. The van der Waals surface area contributed by atoms with Gasteiger partial charge in [-0.1, -0.05) is 35.9 Å². The topological polar surface area (TPSA) is 38.5 Å². The number of rotatable bonds is 5. The van der Waals surface area contributed by atoms with Gasteiger partial charge in [-0.05, 0) is 37.1 Å². The van der Waals surface area contributed by atoms with Crippen LogP contribution in [0.4, 0.5) is 5.69 Å². The monoisotopic (exact) mass is 284 g/mol. The van der Waals surface area contributed by atoms with Crippen molar-refractivity contribution in [2.45, 2.75) is 19.9 Å². The highest BCUT2D eigenvalue weighted by Gasteiger charge is 2.14. The third-order valence-electron chi connectivity index (χ3n) is 3.80. The molecule has 0 radical (unpaired) electrons. The Balaban J connectivity index is 2.18. The van der Waals surface area contributed by atoms with Crippen molar-refractivity contribution in [1.29, 1.82) is 0 Å². The molecule has 0 aromatic heterocycles. The minimum Gasteiger partial charge on any atom is -0.495 e. The van der Waals surface area contributed by atoms with Gasteiger partial charge in [0.25, 0.3) is 0 Å². The highest BCUT2D eigenvalue weighted by molar-refractivity contribution is 5.58. The molecular weight excluding hydrogens is 260 g/mol. The van der Waals surface area contributed by atoms with Crippen molar-refractivity contribution < 1.29 is 4.74 Å². The van der Waals surface area contributed by atoms with E-state index in [1.165, 1.54) is 16.7 Å². The highest BCUT2D eigenvalue weighted by atomic mass is 16.5. The molecule has 0 heterocycles. The van der Waals surface area contributed by atoms with E-state index in [4.69, 9.17) is 10.5 Å². The van der Waals surface area contributed by atoms with E-state index < -0.39 is 0 Å². The summed E-state index contributed by atoms with van der Waals surface area (Å²) in [6.07, 6.45) is 0. The summed E-state index contributed by atoms with van der Waals surface area (Å²) in [6, 6.07) is 14.4. The molecule has 112 valence electrons. The molecule has 0 aliphatic carbocycles. The average molecular weight is 284 g/mol. The fourth-order valence-corrected chi connectivity index (χ4v) is 2.60. The molecule has 2 rings (SSSR count). The minimum atomic E-state index is -0.0280. The van der Waals surface area contributed by atoms with Gasteiger partial charge in [0, 0.05) is 19.6 Å². The van der Waals surface area contributed by atoms with Crippen LogP contribution in [0.2, 0.25) is 0 Å². The lowest BCUT2D eigenvalue weighted by molar-refractivity contribution is 0.414. The van der Waals surface area contributed by atoms with E-state index >= 15 is 0 Å². The average Bonchev–Trinajstić information content (AvgIpc) is 2.49. The summed E-state index contributed by atoms with van der Waals surface area (Å²) < 4.78 is 5.41. The Kier molecular flexibility index (Phi) is 4.86. The van der Waals surface area contributed by atoms with Crippen molar-refractivity contribution in [2.24, 2.45) is 5.73 Å². The first kappa shape index (κ1) is 15.4. The number of anilines is 1. The Morgan fingerprint density at radius 2 is 1.86 bits per heavy atom. The third-order valence-corrected chi connectivity index (χ3v) is 3.80. The van der Waals surface area contributed by atoms with E-state index in [9.17, 15) is 0 Å². The predicted molar refractivity (Wildman–Crippen MR) is 89.1 cm³/mol. The van der Waals surface area contributed by atoms with Gasteiger partial charge in [-0.3, -0.25) is 0 Å². The first-order valence-electron chi connectivity index (χ1n) is 7.20. The van der Waals surface area contributed by atoms with Crippen LogP contribution in [-0.4, -0.2) is 20.7 Å². The molecule has 0 bridgehead atoms. The van der Waals surface area contributed by atoms with Gasteiger partial charge in [0.2, 0.25) is 0 Å². The first-order valence-corrected chi connectivity index (χ1v) is 7.20. The second-order valence-corrected chi connectivity index (χ2v) is 5.52. The number of aryl methyl sites for hydroxylation is 2. The molecule has 1 atom stereocenters. The lowest BCUT2D eigenvalue weighted by Crippen LogP contribution is -2.29.